The number of hydrogen-bond donors (Lipinski definition) is 1. The molecule has 0 radical (unpaired) electrons. The zero-order valence-electron chi connectivity index (χ0n) is 6.35. The second kappa shape index (κ2) is 3.18. The predicted octanol–water partition coefficient (Wildman–Crippen LogP) is 0.300. The van der Waals surface area contributed by atoms with Gasteiger partial charge in [-0.1, -0.05) is 0 Å². The first-order valence-electron chi connectivity index (χ1n) is 3.67. The standard InChI is InChI=1S/C7H16N2/c1-9(2)6-7-4-3-5-8-7/h7-8H,3-6H2,1-2H3/t7-/m1/s1. The largest absolute Gasteiger partial charge is 0.313 e. The van der Waals surface area contributed by atoms with Crippen LogP contribution >= 0.6 is 0 Å². The van der Waals surface area contributed by atoms with Crippen LogP contribution in [0.1, 0.15) is 12.8 Å². The molecule has 0 bridgehead atoms. The molecule has 0 spiro atoms. The Kier molecular flexibility index (Phi) is 2.49. The van der Waals surface area contributed by atoms with Crippen molar-refractivity contribution in [3.8, 4) is 0 Å². The van der Waals surface area contributed by atoms with E-state index in [9.17, 15) is 0 Å². The highest BCUT2D eigenvalue weighted by Gasteiger charge is 2.13. The zero-order valence-corrected chi connectivity index (χ0v) is 6.35. The molecule has 0 saturated carbocycles. The first kappa shape index (κ1) is 7.03. The van der Waals surface area contributed by atoms with E-state index in [0.29, 0.717) is 0 Å². The molecule has 2 nitrogen and oxygen atoms in total. The van der Waals surface area contributed by atoms with E-state index in [1.54, 1.807) is 0 Å². The van der Waals surface area contributed by atoms with Crippen molar-refractivity contribution >= 4 is 0 Å². The summed E-state index contributed by atoms with van der Waals surface area (Å²) < 4.78 is 0. The van der Waals surface area contributed by atoms with Gasteiger partial charge in [-0.2, -0.15) is 0 Å². The lowest BCUT2D eigenvalue weighted by molar-refractivity contribution is 0.357. The molecular formula is C7H16N2. The van der Waals surface area contributed by atoms with Gasteiger partial charge in [0.1, 0.15) is 0 Å². The molecule has 0 aromatic carbocycles. The van der Waals surface area contributed by atoms with E-state index in [0.717, 1.165) is 6.04 Å². The summed E-state index contributed by atoms with van der Waals surface area (Å²) in [7, 11) is 4.25. The highest BCUT2D eigenvalue weighted by atomic mass is 15.1. The van der Waals surface area contributed by atoms with Crippen molar-refractivity contribution in [2.45, 2.75) is 18.9 Å². The maximum absolute atomic E-state index is 3.45. The number of rotatable bonds is 2. The average molecular weight is 128 g/mol. The van der Waals surface area contributed by atoms with E-state index < -0.39 is 0 Å². The van der Waals surface area contributed by atoms with Gasteiger partial charge in [-0.15, -0.1) is 0 Å². The lowest BCUT2D eigenvalue weighted by Crippen LogP contribution is -2.33. The van der Waals surface area contributed by atoms with Gasteiger partial charge in [-0.3, -0.25) is 0 Å². The molecule has 0 unspecified atom stereocenters. The second-order valence-corrected chi connectivity index (χ2v) is 3.06. The topological polar surface area (TPSA) is 15.3 Å². The van der Waals surface area contributed by atoms with Gasteiger partial charge in [0.05, 0.1) is 0 Å². The average Bonchev–Trinajstić information content (AvgIpc) is 2.15. The van der Waals surface area contributed by atoms with Gasteiger partial charge in [-0.25, -0.2) is 0 Å². The monoisotopic (exact) mass is 128 g/mol. The van der Waals surface area contributed by atoms with Gasteiger partial charge in [0, 0.05) is 12.6 Å². The Morgan fingerprint density at radius 1 is 1.56 bits per heavy atom. The van der Waals surface area contributed by atoms with Crippen LogP contribution in [-0.4, -0.2) is 38.1 Å². The van der Waals surface area contributed by atoms with Crippen molar-refractivity contribution in [3.63, 3.8) is 0 Å². The highest BCUT2D eigenvalue weighted by molar-refractivity contribution is 4.75. The summed E-state index contributed by atoms with van der Waals surface area (Å²) in [5.74, 6) is 0. The SMILES string of the molecule is CN(C)C[C@H]1CCCN1. The van der Waals surface area contributed by atoms with Crippen molar-refractivity contribution < 1.29 is 0 Å². The van der Waals surface area contributed by atoms with Crippen molar-refractivity contribution in [2.24, 2.45) is 0 Å². The minimum atomic E-state index is 0.764. The Labute approximate surface area is 57.2 Å². The van der Waals surface area contributed by atoms with Crippen LogP contribution in [0, 0.1) is 0 Å². The highest BCUT2D eigenvalue weighted by Crippen LogP contribution is 2.04. The summed E-state index contributed by atoms with van der Waals surface area (Å²) in [6.45, 7) is 2.42. The van der Waals surface area contributed by atoms with Crippen LogP contribution < -0.4 is 5.32 Å². The Morgan fingerprint density at radius 2 is 2.33 bits per heavy atom. The van der Waals surface area contributed by atoms with Crippen molar-refractivity contribution in [1.29, 1.82) is 0 Å². The molecule has 1 aliphatic rings. The third-order valence-electron chi connectivity index (χ3n) is 1.75. The Balaban J connectivity index is 2.11. The quantitative estimate of drug-likeness (QED) is 0.575. The smallest absolute Gasteiger partial charge is 0.0195 e. The molecular weight excluding hydrogens is 112 g/mol. The first-order valence-corrected chi connectivity index (χ1v) is 3.67. The molecule has 1 atom stereocenters. The molecule has 1 heterocycles. The molecule has 0 aliphatic carbocycles. The first-order chi connectivity index (χ1) is 4.29. The van der Waals surface area contributed by atoms with Crippen molar-refractivity contribution in [3.05, 3.63) is 0 Å². The van der Waals surface area contributed by atoms with E-state index in [1.807, 2.05) is 0 Å². The van der Waals surface area contributed by atoms with Gasteiger partial charge in [0.15, 0.2) is 0 Å². The summed E-state index contributed by atoms with van der Waals surface area (Å²) in [6.07, 6.45) is 2.72. The van der Waals surface area contributed by atoms with Crippen LogP contribution in [0.5, 0.6) is 0 Å². The van der Waals surface area contributed by atoms with E-state index >= 15 is 0 Å². The Hall–Kier alpha value is -0.0800. The Morgan fingerprint density at radius 3 is 2.78 bits per heavy atom. The van der Waals surface area contributed by atoms with Gasteiger partial charge < -0.3 is 10.2 Å². The minimum Gasteiger partial charge on any atom is -0.313 e. The van der Waals surface area contributed by atoms with E-state index in [4.69, 9.17) is 0 Å². The van der Waals surface area contributed by atoms with Crippen molar-refractivity contribution in [2.75, 3.05) is 27.2 Å². The summed E-state index contributed by atoms with van der Waals surface area (Å²) in [5, 5.41) is 3.45. The Bertz CT molecular complexity index is 75.0. The molecule has 0 amide bonds. The molecule has 54 valence electrons. The van der Waals surface area contributed by atoms with Crippen LogP contribution in [-0.2, 0) is 0 Å². The van der Waals surface area contributed by atoms with Crippen LogP contribution in [0.4, 0.5) is 0 Å². The number of hydrogen-bond acceptors (Lipinski definition) is 2. The molecule has 1 fully saturated rings. The molecule has 1 N–H and O–H groups in total. The number of nitrogens with one attached hydrogen (secondary N) is 1. The number of nitrogens with zero attached hydrogens (tertiary/aromatic N) is 1. The normalized spacial score (nSPS) is 27.7. The van der Waals surface area contributed by atoms with E-state index in [1.165, 1.54) is 25.9 Å². The third kappa shape index (κ3) is 2.33. The molecule has 1 rings (SSSR count). The minimum absolute atomic E-state index is 0.764. The fourth-order valence-corrected chi connectivity index (χ4v) is 1.35. The van der Waals surface area contributed by atoms with Crippen molar-refractivity contribution in [1.82, 2.24) is 10.2 Å². The maximum Gasteiger partial charge on any atom is 0.0195 e. The summed E-state index contributed by atoms with van der Waals surface area (Å²) >= 11 is 0. The van der Waals surface area contributed by atoms with Gasteiger partial charge in [0.25, 0.3) is 0 Å². The zero-order chi connectivity index (χ0) is 6.69. The summed E-state index contributed by atoms with van der Waals surface area (Å²) in [4.78, 5) is 2.24. The lowest BCUT2D eigenvalue weighted by atomic mass is 10.2. The fraction of sp³-hybridized carbons (Fsp3) is 1.00. The molecule has 9 heavy (non-hydrogen) atoms. The molecule has 0 aromatic heterocycles. The molecule has 1 aliphatic heterocycles. The third-order valence-corrected chi connectivity index (χ3v) is 1.75. The van der Waals surface area contributed by atoms with Crippen LogP contribution in [0.15, 0.2) is 0 Å². The summed E-state index contributed by atoms with van der Waals surface area (Å²) in [6, 6.07) is 0.764. The van der Waals surface area contributed by atoms with E-state index in [2.05, 4.69) is 24.3 Å². The lowest BCUT2D eigenvalue weighted by Gasteiger charge is -2.15. The van der Waals surface area contributed by atoms with Crippen LogP contribution in [0.3, 0.4) is 0 Å². The molecule has 0 aromatic rings. The van der Waals surface area contributed by atoms with E-state index in [-0.39, 0.29) is 0 Å². The maximum atomic E-state index is 3.45. The van der Waals surface area contributed by atoms with Gasteiger partial charge in [-0.05, 0) is 33.5 Å². The predicted molar refractivity (Wildman–Crippen MR) is 39.6 cm³/mol. The van der Waals surface area contributed by atoms with Crippen LogP contribution in [0.25, 0.3) is 0 Å². The fourth-order valence-electron chi connectivity index (χ4n) is 1.35. The number of likely N-dealkylation sites (N-methyl/N-ethyl adjacent to an activating group) is 1. The van der Waals surface area contributed by atoms with Gasteiger partial charge in [0.2, 0.25) is 0 Å². The second-order valence-electron chi connectivity index (χ2n) is 3.06. The summed E-state index contributed by atoms with van der Waals surface area (Å²) in [5.41, 5.74) is 0. The van der Waals surface area contributed by atoms with Gasteiger partial charge >= 0.3 is 0 Å². The molecule has 1 saturated heterocycles. The molecule has 2 heteroatoms. The van der Waals surface area contributed by atoms with Crippen LogP contribution in [0.2, 0.25) is 0 Å².